The number of aryl methyl sites for hydroxylation is 2. The fourth-order valence-electron chi connectivity index (χ4n) is 4.98. The zero-order valence-electron chi connectivity index (χ0n) is 19.8. The quantitative estimate of drug-likeness (QED) is 0.639. The van der Waals surface area contributed by atoms with Gasteiger partial charge in [0, 0.05) is 56.7 Å². The Morgan fingerprint density at radius 2 is 1.68 bits per heavy atom. The van der Waals surface area contributed by atoms with Gasteiger partial charge in [0.2, 0.25) is 5.91 Å². The highest BCUT2D eigenvalue weighted by molar-refractivity contribution is 5.80. The summed E-state index contributed by atoms with van der Waals surface area (Å²) in [5.74, 6) is 2.07. The van der Waals surface area contributed by atoms with E-state index in [4.69, 9.17) is 0 Å². The minimum atomic E-state index is -0.0268. The van der Waals surface area contributed by atoms with Crippen LogP contribution in [0.25, 0.3) is 5.82 Å². The molecule has 2 saturated heterocycles. The molecular formula is C25H31N7O2. The highest BCUT2D eigenvalue weighted by atomic mass is 16.3. The number of hydrogen-bond acceptors (Lipinski definition) is 7. The Balaban J connectivity index is 1.23. The zero-order valence-corrected chi connectivity index (χ0v) is 19.8. The van der Waals surface area contributed by atoms with Crippen molar-refractivity contribution in [1.29, 1.82) is 0 Å². The first-order valence-corrected chi connectivity index (χ1v) is 11.9. The largest absolute Gasteiger partial charge is 0.508 e. The molecule has 9 heteroatoms. The summed E-state index contributed by atoms with van der Waals surface area (Å²) >= 11 is 0. The number of benzene rings is 1. The van der Waals surface area contributed by atoms with E-state index in [2.05, 4.69) is 24.9 Å². The summed E-state index contributed by atoms with van der Waals surface area (Å²) in [5, 5.41) is 14.1. The van der Waals surface area contributed by atoms with Gasteiger partial charge in [0.25, 0.3) is 0 Å². The van der Waals surface area contributed by atoms with Crippen LogP contribution in [0.15, 0.2) is 42.7 Å². The van der Waals surface area contributed by atoms with E-state index in [0.717, 1.165) is 61.2 Å². The Kier molecular flexibility index (Phi) is 6.08. The van der Waals surface area contributed by atoms with Crippen molar-refractivity contribution >= 4 is 17.4 Å². The van der Waals surface area contributed by atoms with E-state index in [9.17, 15) is 9.90 Å². The number of nitrogens with zero attached hydrogens (tertiary/aromatic N) is 7. The molecule has 0 radical (unpaired) electrons. The van der Waals surface area contributed by atoms with Crippen LogP contribution < -0.4 is 9.80 Å². The monoisotopic (exact) mass is 461 g/mol. The second-order valence-corrected chi connectivity index (χ2v) is 9.19. The lowest BCUT2D eigenvalue weighted by atomic mass is 9.96. The first kappa shape index (κ1) is 22.2. The van der Waals surface area contributed by atoms with Crippen molar-refractivity contribution in [3.63, 3.8) is 0 Å². The van der Waals surface area contributed by atoms with Gasteiger partial charge in [-0.25, -0.2) is 14.6 Å². The summed E-state index contributed by atoms with van der Waals surface area (Å²) in [6, 6.07) is 11.2. The van der Waals surface area contributed by atoms with Crippen LogP contribution in [-0.2, 0) is 4.79 Å². The Morgan fingerprint density at radius 3 is 2.38 bits per heavy atom. The molecule has 0 aliphatic carbocycles. The van der Waals surface area contributed by atoms with Crippen LogP contribution in [0.3, 0.4) is 0 Å². The van der Waals surface area contributed by atoms with Gasteiger partial charge in [-0.3, -0.25) is 4.79 Å². The van der Waals surface area contributed by atoms with Gasteiger partial charge in [-0.2, -0.15) is 5.10 Å². The lowest BCUT2D eigenvalue weighted by Gasteiger charge is -2.40. The predicted molar refractivity (Wildman–Crippen MR) is 130 cm³/mol. The minimum Gasteiger partial charge on any atom is -0.508 e. The van der Waals surface area contributed by atoms with Crippen LogP contribution in [0.5, 0.6) is 5.75 Å². The molecule has 1 aromatic carbocycles. The van der Waals surface area contributed by atoms with Crippen LogP contribution >= 0.6 is 0 Å². The lowest BCUT2D eigenvalue weighted by molar-refractivity contribution is -0.136. The van der Waals surface area contributed by atoms with Gasteiger partial charge in [-0.15, -0.1) is 0 Å². The normalized spacial score (nSPS) is 18.9. The first-order valence-electron chi connectivity index (χ1n) is 11.9. The third-order valence-electron chi connectivity index (χ3n) is 6.77. The number of aromatic hydroxyl groups is 1. The summed E-state index contributed by atoms with van der Waals surface area (Å²) in [4.78, 5) is 28.7. The second kappa shape index (κ2) is 9.32. The molecule has 2 aliphatic rings. The molecule has 2 fully saturated rings. The van der Waals surface area contributed by atoms with Crippen LogP contribution in [0.4, 0.5) is 11.5 Å². The van der Waals surface area contributed by atoms with Crippen molar-refractivity contribution in [2.75, 3.05) is 49.1 Å². The molecule has 9 nitrogen and oxygen atoms in total. The van der Waals surface area contributed by atoms with Gasteiger partial charge in [0.05, 0.1) is 11.6 Å². The van der Waals surface area contributed by atoms with Gasteiger partial charge >= 0.3 is 0 Å². The number of carbonyl (C=O) groups excluding carboxylic acids is 1. The third-order valence-corrected chi connectivity index (χ3v) is 6.77. The summed E-state index contributed by atoms with van der Waals surface area (Å²) in [6.45, 7) is 8.56. The standard InChI is InChI=1S/C25H31N7O2/c1-18-14-19(2)32(28-18)24-15-23(26-17-27-24)31-9-3-4-20(16-31)25(34)30-12-10-29(11-13-30)21-5-7-22(33)8-6-21/h5-8,14-15,17,20,33H,3-4,9-13,16H2,1-2H3. The molecule has 1 amide bonds. The van der Waals surface area contributed by atoms with Crippen molar-refractivity contribution in [3.8, 4) is 11.6 Å². The molecule has 2 aliphatic heterocycles. The predicted octanol–water partition coefficient (Wildman–Crippen LogP) is 2.55. The van der Waals surface area contributed by atoms with Gasteiger partial charge in [0.15, 0.2) is 5.82 Å². The van der Waals surface area contributed by atoms with Crippen molar-refractivity contribution in [3.05, 3.63) is 54.1 Å². The maximum Gasteiger partial charge on any atom is 0.227 e. The lowest BCUT2D eigenvalue weighted by Crippen LogP contribution is -2.52. The smallest absolute Gasteiger partial charge is 0.227 e. The van der Waals surface area contributed by atoms with E-state index in [1.165, 1.54) is 0 Å². The molecule has 1 unspecified atom stereocenters. The van der Waals surface area contributed by atoms with Gasteiger partial charge < -0.3 is 19.8 Å². The van der Waals surface area contributed by atoms with E-state index in [0.29, 0.717) is 19.6 Å². The Labute approximate surface area is 199 Å². The molecule has 4 heterocycles. The van der Waals surface area contributed by atoms with Crippen LogP contribution in [-0.4, -0.2) is 74.9 Å². The number of rotatable bonds is 4. The number of anilines is 2. The third kappa shape index (κ3) is 4.55. The highest BCUT2D eigenvalue weighted by Gasteiger charge is 2.31. The average Bonchev–Trinajstić information content (AvgIpc) is 3.22. The number of carbonyl (C=O) groups is 1. The summed E-state index contributed by atoms with van der Waals surface area (Å²) in [6.07, 6.45) is 3.45. The van der Waals surface area contributed by atoms with Crippen molar-refractivity contribution in [2.45, 2.75) is 26.7 Å². The number of piperazine rings is 1. The van der Waals surface area contributed by atoms with Crippen molar-refractivity contribution in [2.24, 2.45) is 5.92 Å². The maximum absolute atomic E-state index is 13.4. The molecule has 1 N–H and O–H groups in total. The molecule has 1 atom stereocenters. The number of phenols is 1. The molecule has 178 valence electrons. The molecule has 0 bridgehead atoms. The van der Waals surface area contributed by atoms with E-state index in [1.54, 1.807) is 18.5 Å². The van der Waals surface area contributed by atoms with E-state index in [-0.39, 0.29) is 17.6 Å². The summed E-state index contributed by atoms with van der Waals surface area (Å²) in [5.41, 5.74) is 3.06. The van der Waals surface area contributed by atoms with Gasteiger partial charge in [-0.05, 0) is 57.0 Å². The molecule has 5 rings (SSSR count). The van der Waals surface area contributed by atoms with Crippen molar-refractivity contribution < 1.29 is 9.90 Å². The second-order valence-electron chi connectivity index (χ2n) is 9.19. The summed E-state index contributed by atoms with van der Waals surface area (Å²) in [7, 11) is 0. The number of amides is 1. The molecule has 0 spiro atoms. The SMILES string of the molecule is Cc1cc(C)n(-c2cc(N3CCCC(C(=O)N4CCN(c5ccc(O)cc5)CC4)C3)ncn2)n1. The minimum absolute atomic E-state index is 0.0268. The van der Waals surface area contributed by atoms with Crippen molar-refractivity contribution in [1.82, 2.24) is 24.6 Å². The number of piperidine rings is 1. The zero-order chi connectivity index (χ0) is 23.7. The molecular weight excluding hydrogens is 430 g/mol. The number of hydrogen-bond donors (Lipinski definition) is 1. The van der Waals surface area contributed by atoms with Gasteiger partial charge in [0.1, 0.15) is 17.9 Å². The number of aromatic nitrogens is 4. The van der Waals surface area contributed by atoms with Gasteiger partial charge in [-0.1, -0.05) is 0 Å². The Bertz CT molecular complexity index is 1150. The Hall–Kier alpha value is -3.62. The van der Waals surface area contributed by atoms with Crippen LogP contribution in [0.2, 0.25) is 0 Å². The topological polar surface area (TPSA) is 90.6 Å². The maximum atomic E-state index is 13.4. The highest BCUT2D eigenvalue weighted by Crippen LogP contribution is 2.26. The average molecular weight is 462 g/mol. The fraction of sp³-hybridized carbons (Fsp3) is 0.440. The fourth-order valence-corrected chi connectivity index (χ4v) is 4.98. The molecule has 34 heavy (non-hydrogen) atoms. The Morgan fingerprint density at radius 1 is 0.941 bits per heavy atom. The first-order chi connectivity index (χ1) is 16.5. The van der Waals surface area contributed by atoms with E-state index in [1.807, 2.05) is 47.7 Å². The molecule has 3 aromatic rings. The van der Waals surface area contributed by atoms with Crippen LogP contribution in [0, 0.1) is 19.8 Å². The van der Waals surface area contributed by atoms with E-state index >= 15 is 0 Å². The number of phenolic OH excluding ortho intramolecular Hbond substituents is 1. The summed E-state index contributed by atoms with van der Waals surface area (Å²) < 4.78 is 1.83. The van der Waals surface area contributed by atoms with Crippen LogP contribution in [0.1, 0.15) is 24.2 Å². The molecule has 0 saturated carbocycles. The van der Waals surface area contributed by atoms with E-state index < -0.39 is 0 Å². The molecule has 2 aromatic heterocycles.